The van der Waals surface area contributed by atoms with Crippen molar-refractivity contribution in [2.75, 3.05) is 19.6 Å². The van der Waals surface area contributed by atoms with Crippen LogP contribution in [0.1, 0.15) is 36.0 Å². The largest absolute Gasteiger partial charge is 0.339 e. The van der Waals surface area contributed by atoms with Crippen molar-refractivity contribution in [3.05, 3.63) is 30.1 Å². The van der Waals surface area contributed by atoms with E-state index in [2.05, 4.69) is 9.88 Å². The van der Waals surface area contributed by atoms with Crippen molar-refractivity contribution in [2.24, 2.45) is 11.8 Å². The highest BCUT2D eigenvalue weighted by Crippen LogP contribution is 2.38. The van der Waals surface area contributed by atoms with Crippen molar-refractivity contribution in [2.45, 2.75) is 31.7 Å². The smallest absolute Gasteiger partial charge is 0.253 e. The number of aromatic nitrogens is 1. The average molecular weight is 299 g/mol. The van der Waals surface area contributed by atoms with Crippen LogP contribution in [0.4, 0.5) is 0 Å². The molecule has 0 aliphatic carbocycles. The number of piperidine rings is 3. The molecule has 0 saturated carbocycles. The summed E-state index contributed by atoms with van der Waals surface area (Å²) in [6, 6.07) is 3.91. The summed E-state index contributed by atoms with van der Waals surface area (Å²) in [5.74, 6) is 1.30. The van der Waals surface area contributed by atoms with E-state index in [1.54, 1.807) is 24.5 Å². The highest BCUT2D eigenvalue weighted by molar-refractivity contribution is 5.94. The first-order chi connectivity index (χ1) is 10.7. The minimum absolute atomic E-state index is 0.104. The van der Waals surface area contributed by atoms with Crippen LogP contribution in [-0.4, -0.2) is 52.3 Å². The Hall–Kier alpha value is -1.91. The van der Waals surface area contributed by atoms with Gasteiger partial charge in [-0.3, -0.25) is 14.6 Å². The lowest BCUT2D eigenvalue weighted by molar-refractivity contribution is -0.144. The number of hydrogen-bond donors (Lipinski definition) is 0. The Balaban J connectivity index is 1.53. The molecular weight excluding hydrogens is 278 g/mol. The average Bonchev–Trinajstić information content (AvgIpc) is 2.56. The van der Waals surface area contributed by atoms with E-state index < -0.39 is 0 Å². The number of rotatable bonds is 1. The molecule has 0 N–H and O–H groups in total. The maximum Gasteiger partial charge on any atom is 0.253 e. The van der Waals surface area contributed by atoms with E-state index in [0.29, 0.717) is 35.8 Å². The summed E-state index contributed by atoms with van der Waals surface area (Å²) >= 11 is 0. The van der Waals surface area contributed by atoms with E-state index in [1.165, 1.54) is 0 Å². The summed E-state index contributed by atoms with van der Waals surface area (Å²) in [7, 11) is 0. The molecule has 4 rings (SSSR count). The van der Waals surface area contributed by atoms with E-state index >= 15 is 0 Å². The Kier molecular flexibility index (Phi) is 3.36. The number of hydrogen-bond acceptors (Lipinski definition) is 3. The number of nitrogens with zero attached hydrogens (tertiary/aromatic N) is 3. The lowest BCUT2D eigenvalue weighted by Crippen LogP contribution is -2.61. The second-order valence-electron chi connectivity index (χ2n) is 6.81. The lowest BCUT2D eigenvalue weighted by atomic mass is 9.76. The third-order valence-corrected chi connectivity index (χ3v) is 5.39. The monoisotopic (exact) mass is 299 g/mol. The maximum absolute atomic E-state index is 12.7. The zero-order chi connectivity index (χ0) is 15.1. The van der Waals surface area contributed by atoms with Crippen LogP contribution < -0.4 is 0 Å². The summed E-state index contributed by atoms with van der Waals surface area (Å²) in [6.07, 6.45) is 7.29. The van der Waals surface area contributed by atoms with Gasteiger partial charge < -0.3 is 9.80 Å². The first-order valence-corrected chi connectivity index (χ1v) is 8.21. The molecule has 2 amide bonds. The molecule has 2 bridgehead atoms. The van der Waals surface area contributed by atoms with Crippen molar-refractivity contribution in [3.8, 4) is 0 Å². The predicted molar refractivity (Wildman–Crippen MR) is 81.1 cm³/mol. The van der Waals surface area contributed by atoms with Gasteiger partial charge in [0.15, 0.2) is 0 Å². The minimum atomic E-state index is 0.104. The van der Waals surface area contributed by atoms with Crippen molar-refractivity contribution in [3.63, 3.8) is 0 Å². The third kappa shape index (κ3) is 2.28. The fourth-order valence-corrected chi connectivity index (χ4v) is 4.45. The molecule has 4 heterocycles. The normalized spacial score (nSPS) is 30.9. The molecule has 5 nitrogen and oxygen atoms in total. The maximum atomic E-state index is 12.7. The number of carbonyl (C=O) groups is 2. The molecule has 3 fully saturated rings. The zero-order valence-electron chi connectivity index (χ0n) is 12.6. The molecule has 1 aromatic heterocycles. The quantitative estimate of drug-likeness (QED) is 0.790. The molecule has 3 saturated heterocycles. The standard InChI is InChI=1S/C17H21N3O2/c21-16-3-1-2-15-14-8-12(10-20(15)16)9-19(11-14)17(22)13-4-6-18-7-5-13/h4-7,12,14-15H,1-3,8-11H2/t12-,14-,15-/m1/s1. The van der Waals surface area contributed by atoms with Gasteiger partial charge in [0.1, 0.15) is 0 Å². The van der Waals surface area contributed by atoms with Gasteiger partial charge >= 0.3 is 0 Å². The van der Waals surface area contributed by atoms with Gasteiger partial charge in [0.25, 0.3) is 5.91 Å². The Morgan fingerprint density at radius 1 is 1.18 bits per heavy atom. The van der Waals surface area contributed by atoms with Crippen LogP contribution in [-0.2, 0) is 4.79 Å². The lowest BCUT2D eigenvalue weighted by Gasteiger charge is -2.52. The van der Waals surface area contributed by atoms with Crippen LogP contribution in [0.5, 0.6) is 0 Å². The SMILES string of the molecule is O=C(c1ccncc1)N1C[C@H]2C[C@H](C1)[C@H]1CCCC(=O)N1C2. The van der Waals surface area contributed by atoms with Gasteiger partial charge in [0, 0.05) is 50.1 Å². The van der Waals surface area contributed by atoms with Gasteiger partial charge in [0.2, 0.25) is 5.91 Å². The Morgan fingerprint density at radius 2 is 2.00 bits per heavy atom. The molecule has 22 heavy (non-hydrogen) atoms. The highest BCUT2D eigenvalue weighted by Gasteiger charge is 2.44. The summed E-state index contributed by atoms with van der Waals surface area (Å²) in [5, 5.41) is 0. The fourth-order valence-electron chi connectivity index (χ4n) is 4.45. The van der Waals surface area contributed by atoms with Crippen LogP contribution in [0.25, 0.3) is 0 Å². The second-order valence-corrected chi connectivity index (χ2v) is 6.81. The molecule has 0 unspecified atom stereocenters. The number of carbonyl (C=O) groups excluding carboxylic acids is 2. The molecule has 1 aromatic rings. The molecule has 3 atom stereocenters. The van der Waals surface area contributed by atoms with E-state index in [1.807, 2.05) is 4.90 Å². The Morgan fingerprint density at radius 3 is 2.82 bits per heavy atom. The van der Waals surface area contributed by atoms with Gasteiger partial charge in [-0.15, -0.1) is 0 Å². The van der Waals surface area contributed by atoms with Crippen molar-refractivity contribution < 1.29 is 9.59 Å². The van der Waals surface area contributed by atoms with Crippen LogP contribution in [0.2, 0.25) is 0 Å². The summed E-state index contributed by atoms with van der Waals surface area (Å²) < 4.78 is 0. The summed E-state index contributed by atoms with van der Waals surface area (Å²) in [4.78, 5) is 32.9. The van der Waals surface area contributed by atoms with Crippen molar-refractivity contribution >= 4 is 11.8 Å². The third-order valence-electron chi connectivity index (χ3n) is 5.39. The van der Waals surface area contributed by atoms with Crippen LogP contribution in [0.3, 0.4) is 0 Å². The van der Waals surface area contributed by atoms with E-state index in [9.17, 15) is 9.59 Å². The fraction of sp³-hybridized carbons (Fsp3) is 0.588. The molecular formula is C17H21N3O2. The van der Waals surface area contributed by atoms with Crippen LogP contribution in [0.15, 0.2) is 24.5 Å². The first-order valence-electron chi connectivity index (χ1n) is 8.21. The molecule has 0 radical (unpaired) electrons. The molecule has 3 aliphatic rings. The molecule has 0 spiro atoms. The second kappa shape index (κ2) is 5.38. The number of fused-ring (bicyclic) bond motifs is 4. The molecule has 116 valence electrons. The Bertz CT molecular complexity index is 589. The van der Waals surface area contributed by atoms with Gasteiger partial charge in [0.05, 0.1) is 0 Å². The van der Waals surface area contributed by atoms with Gasteiger partial charge in [-0.1, -0.05) is 0 Å². The molecule has 0 aromatic carbocycles. The highest BCUT2D eigenvalue weighted by atomic mass is 16.2. The molecule has 5 heteroatoms. The van der Waals surface area contributed by atoms with E-state index in [-0.39, 0.29) is 5.91 Å². The van der Waals surface area contributed by atoms with Gasteiger partial charge in [-0.25, -0.2) is 0 Å². The summed E-state index contributed by atoms with van der Waals surface area (Å²) in [6.45, 7) is 2.39. The topological polar surface area (TPSA) is 53.5 Å². The van der Waals surface area contributed by atoms with Gasteiger partial charge in [-0.05, 0) is 43.2 Å². The zero-order valence-corrected chi connectivity index (χ0v) is 12.6. The van der Waals surface area contributed by atoms with E-state index in [0.717, 1.165) is 38.9 Å². The Labute approximate surface area is 130 Å². The number of amides is 2. The number of pyridine rings is 1. The first kappa shape index (κ1) is 13.7. The van der Waals surface area contributed by atoms with Crippen molar-refractivity contribution in [1.82, 2.24) is 14.8 Å². The number of likely N-dealkylation sites (tertiary alicyclic amines) is 1. The minimum Gasteiger partial charge on any atom is -0.339 e. The van der Waals surface area contributed by atoms with Crippen molar-refractivity contribution in [1.29, 1.82) is 0 Å². The predicted octanol–water partition coefficient (Wildman–Crippen LogP) is 1.55. The van der Waals surface area contributed by atoms with E-state index in [4.69, 9.17) is 0 Å². The van der Waals surface area contributed by atoms with Gasteiger partial charge in [-0.2, -0.15) is 0 Å². The summed E-state index contributed by atoms with van der Waals surface area (Å²) in [5.41, 5.74) is 0.714. The van der Waals surface area contributed by atoms with Crippen LogP contribution >= 0.6 is 0 Å². The molecule has 3 aliphatic heterocycles. The van der Waals surface area contributed by atoms with Crippen LogP contribution in [0, 0.1) is 11.8 Å².